The van der Waals surface area contributed by atoms with Gasteiger partial charge in [0.05, 0.1) is 0 Å². The quantitative estimate of drug-likeness (QED) is 0.742. The van der Waals surface area contributed by atoms with Crippen LogP contribution in [0.3, 0.4) is 0 Å². The zero-order chi connectivity index (χ0) is 13.7. The van der Waals surface area contributed by atoms with Crippen LogP contribution in [0, 0.1) is 5.92 Å². The van der Waals surface area contributed by atoms with Gasteiger partial charge < -0.3 is 15.4 Å². The van der Waals surface area contributed by atoms with E-state index in [1.165, 1.54) is 0 Å². The summed E-state index contributed by atoms with van der Waals surface area (Å²) in [6.07, 6.45) is 0.915. The number of anilines is 1. The van der Waals surface area contributed by atoms with E-state index in [2.05, 4.69) is 24.5 Å². The van der Waals surface area contributed by atoms with Gasteiger partial charge in [-0.2, -0.15) is 0 Å². The predicted octanol–water partition coefficient (Wildman–Crippen LogP) is 2.33. The molecule has 0 spiro atoms. The van der Waals surface area contributed by atoms with Gasteiger partial charge in [0.15, 0.2) is 0 Å². The standard InChI is InChI=1S/C15H22N2O2/c1-11(2)10-19-9-5-8-16-14-12-6-3-4-7-13(12)17-15(14)18/h3-4,6-7,11,14,16H,5,8-10H2,1-2H3,(H,17,18). The lowest BCUT2D eigenvalue weighted by Crippen LogP contribution is -2.28. The van der Waals surface area contributed by atoms with E-state index >= 15 is 0 Å². The highest BCUT2D eigenvalue weighted by Gasteiger charge is 2.29. The van der Waals surface area contributed by atoms with E-state index in [9.17, 15) is 4.79 Å². The molecule has 1 aromatic rings. The number of benzene rings is 1. The summed E-state index contributed by atoms with van der Waals surface area (Å²) in [5, 5.41) is 6.17. The van der Waals surface area contributed by atoms with Gasteiger partial charge in [0, 0.05) is 24.5 Å². The summed E-state index contributed by atoms with van der Waals surface area (Å²) in [7, 11) is 0. The molecule has 0 aromatic heterocycles. The van der Waals surface area contributed by atoms with Crippen LogP contribution < -0.4 is 10.6 Å². The molecule has 104 valence electrons. The van der Waals surface area contributed by atoms with Crippen molar-refractivity contribution in [2.75, 3.05) is 25.1 Å². The molecule has 1 aliphatic rings. The average molecular weight is 262 g/mol. The number of ether oxygens (including phenoxy) is 1. The zero-order valence-corrected chi connectivity index (χ0v) is 11.6. The molecule has 1 aromatic carbocycles. The third kappa shape index (κ3) is 3.78. The summed E-state index contributed by atoms with van der Waals surface area (Å²) in [6, 6.07) is 7.59. The second kappa shape index (κ2) is 6.68. The molecule has 2 rings (SSSR count). The maximum Gasteiger partial charge on any atom is 0.246 e. The van der Waals surface area contributed by atoms with E-state index in [0.717, 1.165) is 37.4 Å². The van der Waals surface area contributed by atoms with Gasteiger partial charge in [-0.3, -0.25) is 4.79 Å². The van der Waals surface area contributed by atoms with E-state index in [0.29, 0.717) is 5.92 Å². The van der Waals surface area contributed by atoms with Crippen molar-refractivity contribution in [3.05, 3.63) is 29.8 Å². The van der Waals surface area contributed by atoms with Gasteiger partial charge in [-0.05, 0) is 24.9 Å². The van der Waals surface area contributed by atoms with Crippen LogP contribution in [0.5, 0.6) is 0 Å². The molecule has 0 saturated carbocycles. The van der Waals surface area contributed by atoms with Crippen LogP contribution in [0.4, 0.5) is 5.69 Å². The molecule has 0 radical (unpaired) electrons. The van der Waals surface area contributed by atoms with Crippen molar-refractivity contribution >= 4 is 11.6 Å². The number of hydrogen-bond donors (Lipinski definition) is 2. The number of carbonyl (C=O) groups is 1. The molecule has 19 heavy (non-hydrogen) atoms. The van der Waals surface area contributed by atoms with E-state index in [1.54, 1.807) is 0 Å². The molecular weight excluding hydrogens is 240 g/mol. The minimum Gasteiger partial charge on any atom is -0.381 e. The Morgan fingerprint density at radius 3 is 2.95 bits per heavy atom. The molecule has 0 fully saturated rings. The lowest BCUT2D eigenvalue weighted by Gasteiger charge is -2.12. The molecule has 4 heteroatoms. The summed E-state index contributed by atoms with van der Waals surface area (Å²) in [5.74, 6) is 0.602. The fraction of sp³-hybridized carbons (Fsp3) is 0.533. The maximum atomic E-state index is 11.8. The lowest BCUT2D eigenvalue weighted by molar-refractivity contribution is -0.117. The average Bonchev–Trinajstić information content (AvgIpc) is 2.69. The van der Waals surface area contributed by atoms with Gasteiger partial charge in [-0.25, -0.2) is 0 Å². The maximum absolute atomic E-state index is 11.8. The number of rotatable bonds is 7. The third-order valence-electron chi connectivity index (χ3n) is 3.06. The summed E-state index contributed by atoms with van der Waals surface area (Å²) < 4.78 is 5.52. The monoisotopic (exact) mass is 262 g/mol. The number of carbonyl (C=O) groups excluding carboxylic acids is 1. The summed E-state index contributed by atoms with van der Waals surface area (Å²) in [5.41, 5.74) is 1.96. The lowest BCUT2D eigenvalue weighted by atomic mass is 10.1. The van der Waals surface area contributed by atoms with Crippen molar-refractivity contribution in [2.24, 2.45) is 5.92 Å². The van der Waals surface area contributed by atoms with Crippen LogP contribution in [0.2, 0.25) is 0 Å². The Morgan fingerprint density at radius 2 is 2.16 bits per heavy atom. The van der Waals surface area contributed by atoms with Crippen molar-refractivity contribution in [2.45, 2.75) is 26.3 Å². The van der Waals surface area contributed by atoms with Crippen LogP contribution in [-0.4, -0.2) is 25.7 Å². The second-order valence-corrected chi connectivity index (χ2v) is 5.29. The summed E-state index contributed by atoms with van der Waals surface area (Å²) in [4.78, 5) is 11.8. The van der Waals surface area contributed by atoms with Gasteiger partial charge >= 0.3 is 0 Å². The van der Waals surface area contributed by atoms with E-state index in [4.69, 9.17) is 4.74 Å². The van der Waals surface area contributed by atoms with Gasteiger partial charge in [0.2, 0.25) is 5.91 Å². The minimum atomic E-state index is -0.221. The van der Waals surface area contributed by atoms with Crippen LogP contribution in [0.25, 0.3) is 0 Å². The highest BCUT2D eigenvalue weighted by Crippen LogP contribution is 2.29. The zero-order valence-electron chi connectivity index (χ0n) is 11.6. The Morgan fingerprint density at radius 1 is 1.37 bits per heavy atom. The number of para-hydroxylation sites is 1. The van der Waals surface area contributed by atoms with Crippen molar-refractivity contribution in [3.63, 3.8) is 0 Å². The molecule has 1 unspecified atom stereocenters. The molecule has 1 aliphatic heterocycles. The molecule has 1 amide bonds. The third-order valence-corrected chi connectivity index (χ3v) is 3.06. The van der Waals surface area contributed by atoms with Crippen LogP contribution in [-0.2, 0) is 9.53 Å². The molecule has 4 nitrogen and oxygen atoms in total. The Labute approximate surface area is 114 Å². The largest absolute Gasteiger partial charge is 0.381 e. The highest BCUT2D eigenvalue weighted by molar-refractivity contribution is 6.02. The normalized spacial score (nSPS) is 17.6. The van der Waals surface area contributed by atoms with Gasteiger partial charge in [-0.1, -0.05) is 32.0 Å². The van der Waals surface area contributed by atoms with E-state index < -0.39 is 0 Å². The van der Waals surface area contributed by atoms with E-state index in [1.807, 2.05) is 24.3 Å². The van der Waals surface area contributed by atoms with Crippen molar-refractivity contribution in [1.29, 1.82) is 0 Å². The first-order valence-corrected chi connectivity index (χ1v) is 6.89. The van der Waals surface area contributed by atoms with Crippen LogP contribution in [0.1, 0.15) is 31.9 Å². The van der Waals surface area contributed by atoms with Crippen molar-refractivity contribution in [1.82, 2.24) is 5.32 Å². The Kier molecular flexibility index (Phi) is 4.93. The number of hydrogen-bond acceptors (Lipinski definition) is 3. The van der Waals surface area contributed by atoms with Gasteiger partial charge in [0.1, 0.15) is 6.04 Å². The van der Waals surface area contributed by atoms with Crippen LogP contribution in [0.15, 0.2) is 24.3 Å². The molecule has 1 heterocycles. The van der Waals surface area contributed by atoms with Gasteiger partial charge in [0.25, 0.3) is 0 Å². The number of nitrogens with one attached hydrogen (secondary N) is 2. The smallest absolute Gasteiger partial charge is 0.246 e. The first kappa shape index (κ1) is 14.0. The minimum absolute atomic E-state index is 0.0318. The first-order chi connectivity index (χ1) is 9.18. The first-order valence-electron chi connectivity index (χ1n) is 6.89. The Balaban J connectivity index is 1.73. The fourth-order valence-electron chi connectivity index (χ4n) is 2.15. The Hall–Kier alpha value is -1.39. The van der Waals surface area contributed by atoms with Gasteiger partial charge in [-0.15, -0.1) is 0 Å². The summed E-state index contributed by atoms with van der Waals surface area (Å²) >= 11 is 0. The predicted molar refractivity (Wildman–Crippen MR) is 76.1 cm³/mol. The second-order valence-electron chi connectivity index (χ2n) is 5.29. The van der Waals surface area contributed by atoms with E-state index in [-0.39, 0.29) is 11.9 Å². The fourth-order valence-corrected chi connectivity index (χ4v) is 2.15. The van der Waals surface area contributed by atoms with Crippen molar-refractivity contribution in [3.8, 4) is 0 Å². The Bertz CT molecular complexity index is 432. The molecule has 1 atom stereocenters. The molecule has 0 bridgehead atoms. The molecular formula is C15H22N2O2. The SMILES string of the molecule is CC(C)COCCCNC1C(=O)Nc2ccccc21. The molecule has 0 aliphatic carbocycles. The molecule has 0 saturated heterocycles. The highest BCUT2D eigenvalue weighted by atomic mass is 16.5. The molecule has 2 N–H and O–H groups in total. The number of fused-ring (bicyclic) bond motifs is 1. The summed E-state index contributed by atoms with van der Waals surface area (Å²) in [6.45, 7) is 6.59. The van der Waals surface area contributed by atoms with Crippen molar-refractivity contribution < 1.29 is 9.53 Å². The van der Waals surface area contributed by atoms with Crippen LogP contribution >= 0.6 is 0 Å². The number of amides is 1. The topological polar surface area (TPSA) is 50.4 Å².